The second kappa shape index (κ2) is 4.12. The predicted molar refractivity (Wildman–Crippen MR) is 82.7 cm³/mol. The van der Waals surface area contributed by atoms with Gasteiger partial charge in [0.1, 0.15) is 5.75 Å². The van der Waals surface area contributed by atoms with Crippen molar-refractivity contribution in [3.05, 3.63) is 47.6 Å². The number of nitrogens with zero attached hydrogens (tertiary/aromatic N) is 1. The fraction of sp³-hybridized carbons (Fsp3) is 0.0625. The maximum atomic E-state index is 6.02. The van der Waals surface area contributed by atoms with Gasteiger partial charge >= 0.3 is 0 Å². The third-order valence-electron chi connectivity index (χ3n) is 3.61. The van der Waals surface area contributed by atoms with Gasteiger partial charge in [0.25, 0.3) is 0 Å². The molecule has 4 rings (SSSR count). The van der Waals surface area contributed by atoms with E-state index in [1.807, 2.05) is 42.6 Å². The summed E-state index contributed by atoms with van der Waals surface area (Å²) in [6.07, 6.45) is 1.88. The minimum atomic E-state index is 0.696. The van der Waals surface area contributed by atoms with Crippen LogP contribution in [0, 0.1) is 0 Å². The Balaban J connectivity index is 2.17. The lowest BCUT2D eigenvalue weighted by Crippen LogP contribution is -1.81. The second-order valence-electron chi connectivity index (χ2n) is 4.74. The summed E-state index contributed by atoms with van der Waals surface area (Å²) < 4.78 is 5.29. The molecule has 0 saturated heterocycles. The van der Waals surface area contributed by atoms with Crippen molar-refractivity contribution in [2.75, 3.05) is 7.11 Å². The molecule has 0 aliphatic heterocycles. The quantitative estimate of drug-likeness (QED) is 0.557. The molecule has 1 N–H and O–H groups in total. The van der Waals surface area contributed by atoms with E-state index in [-0.39, 0.29) is 0 Å². The molecule has 2 heterocycles. The average molecular weight is 283 g/mol. The van der Waals surface area contributed by atoms with Crippen LogP contribution in [0.5, 0.6) is 5.75 Å². The molecule has 98 valence electrons. The van der Waals surface area contributed by atoms with Crippen molar-refractivity contribution in [3.63, 3.8) is 0 Å². The van der Waals surface area contributed by atoms with Gasteiger partial charge in [-0.25, -0.2) is 0 Å². The molecule has 4 heteroatoms. The first-order valence-corrected chi connectivity index (χ1v) is 6.68. The first-order chi connectivity index (χ1) is 9.76. The molecule has 0 aliphatic carbocycles. The van der Waals surface area contributed by atoms with Gasteiger partial charge in [-0.3, -0.25) is 4.98 Å². The fourth-order valence-corrected chi connectivity index (χ4v) is 2.79. The number of methoxy groups -OCH3 is 1. The number of hydrogen-bond donors (Lipinski definition) is 1. The van der Waals surface area contributed by atoms with Crippen LogP contribution in [0.1, 0.15) is 0 Å². The summed E-state index contributed by atoms with van der Waals surface area (Å²) in [6, 6.07) is 11.8. The molecule has 0 atom stereocenters. The number of aromatic amines is 1. The highest BCUT2D eigenvalue weighted by Gasteiger charge is 2.09. The number of halogens is 1. The summed E-state index contributed by atoms with van der Waals surface area (Å²) in [5.41, 5.74) is 3.04. The SMILES string of the molecule is COc1ccc2[nH]c3c4ccc(Cl)cc4ncc3c2c1. The van der Waals surface area contributed by atoms with Gasteiger partial charge in [0.05, 0.1) is 18.1 Å². The zero-order valence-electron chi connectivity index (χ0n) is 10.8. The van der Waals surface area contributed by atoms with Gasteiger partial charge in [0.2, 0.25) is 0 Å². The summed E-state index contributed by atoms with van der Waals surface area (Å²) in [5.74, 6) is 0.842. The van der Waals surface area contributed by atoms with Gasteiger partial charge < -0.3 is 9.72 Å². The molecule has 0 radical (unpaired) electrons. The Morgan fingerprint density at radius 1 is 1.05 bits per heavy atom. The summed E-state index contributed by atoms with van der Waals surface area (Å²) in [4.78, 5) is 7.96. The van der Waals surface area contributed by atoms with Crippen LogP contribution < -0.4 is 4.74 Å². The van der Waals surface area contributed by atoms with E-state index in [0.717, 1.165) is 38.5 Å². The Labute approximate surface area is 120 Å². The van der Waals surface area contributed by atoms with E-state index >= 15 is 0 Å². The first kappa shape index (κ1) is 11.6. The van der Waals surface area contributed by atoms with Gasteiger partial charge in [-0.05, 0) is 36.4 Å². The zero-order valence-corrected chi connectivity index (χ0v) is 11.5. The monoisotopic (exact) mass is 282 g/mol. The molecule has 2 aromatic heterocycles. The lowest BCUT2D eigenvalue weighted by atomic mass is 10.1. The van der Waals surface area contributed by atoms with Crippen LogP contribution in [-0.2, 0) is 0 Å². The van der Waals surface area contributed by atoms with Gasteiger partial charge in [0.15, 0.2) is 0 Å². The topological polar surface area (TPSA) is 37.9 Å². The van der Waals surface area contributed by atoms with Gasteiger partial charge in [-0.1, -0.05) is 11.6 Å². The third-order valence-corrected chi connectivity index (χ3v) is 3.84. The lowest BCUT2D eigenvalue weighted by molar-refractivity contribution is 0.415. The van der Waals surface area contributed by atoms with E-state index in [9.17, 15) is 0 Å². The molecular formula is C16H11ClN2O. The van der Waals surface area contributed by atoms with Crippen molar-refractivity contribution < 1.29 is 4.74 Å². The third kappa shape index (κ3) is 1.57. The number of aromatic nitrogens is 2. The molecular weight excluding hydrogens is 272 g/mol. The largest absolute Gasteiger partial charge is 0.497 e. The van der Waals surface area contributed by atoms with Crippen LogP contribution in [0.25, 0.3) is 32.7 Å². The second-order valence-corrected chi connectivity index (χ2v) is 5.18. The van der Waals surface area contributed by atoms with E-state index in [4.69, 9.17) is 16.3 Å². The standard InChI is InChI=1S/C16H11ClN2O/c1-20-10-3-5-14-12(7-10)13-8-18-15-6-9(17)2-4-11(15)16(13)19-14/h2-8,19H,1H3. The average Bonchev–Trinajstić information content (AvgIpc) is 2.84. The van der Waals surface area contributed by atoms with Gasteiger partial charge in [-0.2, -0.15) is 0 Å². The summed E-state index contributed by atoms with van der Waals surface area (Å²) in [6.45, 7) is 0. The number of pyridine rings is 1. The van der Waals surface area contributed by atoms with Crippen molar-refractivity contribution in [2.24, 2.45) is 0 Å². The molecule has 0 amide bonds. The highest BCUT2D eigenvalue weighted by atomic mass is 35.5. The molecule has 0 spiro atoms. The van der Waals surface area contributed by atoms with Crippen LogP contribution in [0.2, 0.25) is 5.02 Å². The van der Waals surface area contributed by atoms with E-state index in [1.165, 1.54) is 0 Å². The fourth-order valence-electron chi connectivity index (χ4n) is 2.62. The van der Waals surface area contributed by atoms with E-state index in [2.05, 4.69) is 9.97 Å². The number of fused-ring (bicyclic) bond motifs is 5. The maximum absolute atomic E-state index is 6.02. The minimum Gasteiger partial charge on any atom is -0.497 e. The molecule has 0 bridgehead atoms. The van der Waals surface area contributed by atoms with E-state index < -0.39 is 0 Å². The van der Waals surface area contributed by atoms with Crippen LogP contribution in [0.3, 0.4) is 0 Å². The maximum Gasteiger partial charge on any atom is 0.119 e. The Morgan fingerprint density at radius 3 is 2.80 bits per heavy atom. The summed E-state index contributed by atoms with van der Waals surface area (Å²) in [7, 11) is 1.67. The van der Waals surface area contributed by atoms with Gasteiger partial charge in [0, 0.05) is 32.9 Å². The normalized spacial score (nSPS) is 11.5. The van der Waals surface area contributed by atoms with Crippen molar-refractivity contribution >= 4 is 44.3 Å². The number of benzene rings is 2. The molecule has 3 nitrogen and oxygen atoms in total. The first-order valence-electron chi connectivity index (χ1n) is 6.30. The van der Waals surface area contributed by atoms with Crippen molar-refractivity contribution in [1.29, 1.82) is 0 Å². The molecule has 0 fully saturated rings. The predicted octanol–water partition coefficient (Wildman–Crippen LogP) is 4.53. The Bertz CT molecular complexity index is 959. The van der Waals surface area contributed by atoms with Crippen molar-refractivity contribution in [3.8, 4) is 5.75 Å². The van der Waals surface area contributed by atoms with Crippen LogP contribution in [-0.4, -0.2) is 17.1 Å². The van der Waals surface area contributed by atoms with Crippen LogP contribution in [0.15, 0.2) is 42.6 Å². The molecule has 20 heavy (non-hydrogen) atoms. The van der Waals surface area contributed by atoms with Crippen LogP contribution in [0.4, 0.5) is 0 Å². The smallest absolute Gasteiger partial charge is 0.119 e. The van der Waals surface area contributed by atoms with Gasteiger partial charge in [-0.15, -0.1) is 0 Å². The number of hydrogen-bond acceptors (Lipinski definition) is 2. The minimum absolute atomic E-state index is 0.696. The Kier molecular flexibility index (Phi) is 2.38. The summed E-state index contributed by atoms with van der Waals surface area (Å²) in [5, 5.41) is 3.97. The molecule has 4 aromatic rings. The van der Waals surface area contributed by atoms with E-state index in [0.29, 0.717) is 5.02 Å². The van der Waals surface area contributed by atoms with Crippen LogP contribution >= 0.6 is 11.6 Å². The Hall–Kier alpha value is -2.26. The number of ether oxygens (including phenoxy) is 1. The molecule has 0 unspecified atom stereocenters. The lowest BCUT2D eigenvalue weighted by Gasteiger charge is -2.00. The highest BCUT2D eigenvalue weighted by molar-refractivity contribution is 6.31. The Morgan fingerprint density at radius 2 is 1.95 bits per heavy atom. The number of nitrogens with one attached hydrogen (secondary N) is 1. The highest BCUT2D eigenvalue weighted by Crippen LogP contribution is 2.32. The summed E-state index contributed by atoms with van der Waals surface area (Å²) >= 11 is 6.02. The molecule has 0 saturated carbocycles. The van der Waals surface area contributed by atoms with Crippen molar-refractivity contribution in [1.82, 2.24) is 9.97 Å². The molecule has 0 aliphatic rings. The zero-order chi connectivity index (χ0) is 13.7. The molecule has 2 aromatic carbocycles. The van der Waals surface area contributed by atoms with E-state index in [1.54, 1.807) is 7.11 Å². The number of H-pyrrole nitrogens is 1. The van der Waals surface area contributed by atoms with Crippen molar-refractivity contribution in [2.45, 2.75) is 0 Å². The number of rotatable bonds is 1.